The third kappa shape index (κ3) is 5.28. The van der Waals surface area contributed by atoms with E-state index >= 15 is 0 Å². The lowest BCUT2D eigenvalue weighted by Gasteiger charge is -2.17. The van der Waals surface area contributed by atoms with Crippen molar-refractivity contribution in [2.45, 2.75) is 18.8 Å². The lowest BCUT2D eigenvalue weighted by molar-refractivity contribution is -0.137. The molecule has 0 saturated carbocycles. The molecule has 3 N–H and O–H groups in total. The summed E-state index contributed by atoms with van der Waals surface area (Å²) in [6, 6.07) is 14.5. The molecule has 1 atom stereocenters. The van der Waals surface area contributed by atoms with Gasteiger partial charge in [0.25, 0.3) is 0 Å². The van der Waals surface area contributed by atoms with Crippen LogP contribution in [0, 0.1) is 11.6 Å². The Kier molecular flexibility index (Phi) is 6.83. The van der Waals surface area contributed by atoms with Crippen molar-refractivity contribution >= 4 is 22.7 Å². The smallest absolute Gasteiger partial charge is 0.304 e. The Hall–Kier alpha value is -3.94. The molecule has 0 radical (unpaired) electrons. The number of nitrogens with one attached hydrogen (secondary N) is 2. The Morgan fingerprint density at radius 3 is 2.67 bits per heavy atom. The maximum Gasteiger partial charge on any atom is 0.304 e. The van der Waals surface area contributed by atoms with Gasteiger partial charge in [-0.2, -0.15) is 0 Å². The first-order valence-corrected chi connectivity index (χ1v) is 10.6. The molecule has 170 valence electrons. The van der Waals surface area contributed by atoms with Gasteiger partial charge in [0.2, 0.25) is 0 Å². The van der Waals surface area contributed by atoms with Crippen LogP contribution in [-0.4, -0.2) is 34.2 Å². The molecule has 0 aliphatic rings. The molecule has 0 bridgehead atoms. The molecule has 0 fully saturated rings. The minimum Gasteiger partial charge on any atom is -0.493 e. The van der Waals surface area contributed by atoms with Crippen LogP contribution >= 0.6 is 0 Å². The number of rotatable bonds is 10. The van der Waals surface area contributed by atoms with Gasteiger partial charge in [0.15, 0.2) is 0 Å². The molecule has 0 amide bonds. The second-order valence-corrected chi connectivity index (χ2v) is 7.58. The number of aromatic amines is 1. The number of fused-ring (bicyclic) bond motifs is 1. The highest BCUT2D eigenvalue weighted by atomic mass is 19.1. The molecule has 2 aromatic heterocycles. The van der Waals surface area contributed by atoms with Crippen LogP contribution in [0.1, 0.15) is 29.9 Å². The van der Waals surface area contributed by atoms with Gasteiger partial charge in [0.05, 0.1) is 13.0 Å². The molecule has 0 aliphatic heterocycles. The van der Waals surface area contributed by atoms with Crippen LogP contribution in [0.4, 0.5) is 14.6 Å². The number of benzene rings is 2. The van der Waals surface area contributed by atoms with Gasteiger partial charge in [-0.1, -0.05) is 12.1 Å². The van der Waals surface area contributed by atoms with Crippen molar-refractivity contribution in [1.82, 2.24) is 9.97 Å². The van der Waals surface area contributed by atoms with Crippen LogP contribution in [0.15, 0.2) is 67.0 Å². The van der Waals surface area contributed by atoms with Crippen molar-refractivity contribution < 1.29 is 23.4 Å². The minimum atomic E-state index is -1.14. The molecular formula is C25H23F2N3O3. The van der Waals surface area contributed by atoms with Gasteiger partial charge < -0.3 is 20.1 Å². The fourth-order valence-electron chi connectivity index (χ4n) is 3.84. The third-order valence-corrected chi connectivity index (χ3v) is 5.35. The first-order chi connectivity index (χ1) is 16.0. The molecule has 0 aliphatic carbocycles. The van der Waals surface area contributed by atoms with E-state index in [1.165, 1.54) is 6.07 Å². The molecule has 2 heterocycles. The van der Waals surface area contributed by atoms with E-state index in [2.05, 4.69) is 15.3 Å². The van der Waals surface area contributed by atoms with E-state index in [9.17, 15) is 18.7 Å². The summed E-state index contributed by atoms with van der Waals surface area (Å²) in [6.07, 6.45) is 3.65. The van der Waals surface area contributed by atoms with Crippen molar-refractivity contribution in [3.8, 4) is 5.75 Å². The maximum absolute atomic E-state index is 14.4. The standard InChI is InChI=1S/C25H23F2N3O3/c26-20-5-3-6-21(27)25(20)18(14-24(31)32)19-15-30-22-13-16(8-9-17(19)22)33-12-4-11-29-23-7-1-2-10-28-23/h1-3,5-10,13,15,18,30H,4,11-12,14H2,(H,28,29)(H,31,32). The van der Waals surface area contributed by atoms with Crippen molar-refractivity contribution in [2.75, 3.05) is 18.5 Å². The predicted octanol–water partition coefficient (Wildman–Crippen LogP) is 5.33. The Balaban J connectivity index is 1.47. The monoisotopic (exact) mass is 451 g/mol. The second-order valence-electron chi connectivity index (χ2n) is 7.58. The lowest BCUT2D eigenvalue weighted by Crippen LogP contribution is -2.11. The van der Waals surface area contributed by atoms with Crippen LogP contribution in [0.3, 0.4) is 0 Å². The van der Waals surface area contributed by atoms with Gasteiger partial charge in [0.1, 0.15) is 23.2 Å². The van der Waals surface area contributed by atoms with Gasteiger partial charge in [-0.25, -0.2) is 13.8 Å². The first kappa shape index (κ1) is 22.3. The number of nitrogens with zero attached hydrogens (tertiary/aromatic N) is 1. The number of ether oxygens (including phenoxy) is 1. The zero-order valence-corrected chi connectivity index (χ0v) is 17.7. The maximum atomic E-state index is 14.4. The number of anilines is 1. The summed E-state index contributed by atoms with van der Waals surface area (Å²) in [5.41, 5.74) is 0.963. The summed E-state index contributed by atoms with van der Waals surface area (Å²) in [4.78, 5) is 18.7. The topological polar surface area (TPSA) is 87.2 Å². The quantitative estimate of drug-likeness (QED) is 0.284. The van der Waals surface area contributed by atoms with E-state index in [0.717, 1.165) is 24.4 Å². The van der Waals surface area contributed by atoms with Gasteiger partial charge in [-0.3, -0.25) is 4.79 Å². The number of aliphatic carboxylic acids is 1. The molecule has 6 nitrogen and oxygen atoms in total. The van der Waals surface area contributed by atoms with Gasteiger partial charge >= 0.3 is 5.97 Å². The summed E-state index contributed by atoms with van der Waals surface area (Å²) in [5.74, 6) is -2.21. The SMILES string of the molecule is O=C(O)CC(c1c(F)cccc1F)c1c[nH]c2cc(OCCCNc3ccccn3)ccc12. The highest BCUT2D eigenvalue weighted by Crippen LogP contribution is 2.37. The minimum absolute atomic E-state index is 0.249. The predicted molar refractivity (Wildman–Crippen MR) is 122 cm³/mol. The summed E-state index contributed by atoms with van der Waals surface area (Å²) in [5, 5.41) is 13.3. The van der Waals surface area contributed by atoms with Crippen molar-refractivity contribution in [3.63, 3.8) is 0 Å². The number of H-pyrrole nitrogens is 1. The molecular weight excluding hydrogens is 428 g/mol. The van der Waals surface area contributed by atoms with Crippen LogP contribution in [0.2, 0.25) is 0 Å². The van der Waals surface area contributed by atoms with Gasteiger partial charge in [-0.05, 0) is 48.4 Å². The number of halogens is 2. The fraction of sp³-hybridized carbons (Fsp3) is 0.200. The largest absolute Gasteiger partial charge is 0.493 e. The average Bonchev–Trinajstić information content (AvgIpc) is 3.21. The van der Waals surface area contributed by atoms with E-state index in [0.29, 0.717) is 35.4 Å². The number of aromatic nitrogens is 2. The molecule has 1 unspecified atom stereocenters. The van der Waals surface area contributed by atoms with Crippen molar-refractivity contribution in [3.05, 3.63) is 89.8 Å². The van der Waals surface area contributed by atoms with E-state index in [1.807, 2.05) is 18.2 Å². The Morgan fingerprint density at radius 1 is 1.12 bits per heavy atom. The van der Waals surface area contributed by atoms with Crippen LogP contribution in [0.5, 0.6) is 5.75 Å². The summed E-state index contributed by atoms with van der Waals surface area (Å²) in [7, 11) is 0. The first-order valence-electron chi connectivity index (χ1n) is 10.6. The molecule has 4 rings (SSSR count). The summed E-state index contributed by atoms with van der Waals surface area (Å²) >= 11 is 0. The highest BCUT2D eigenvalue weighted by Gasteiger charge is 2.26. The highest BCUT2D eigenvalue weighted by molar-refractivity contribution is 5.86. The molecule has 33 heavy (non-hydrogen) atoms. The zero-order valence-electron chi connectivity index (χ0n) is 17.7. The summed E-state index contributed by atoms with van der Waals surface area (Å²) < 4.78 is 34.7. The van der Waals surface area contributed by atoms with Crippen molar-refractivity contribution in [1.29, 1.82) is 0 Å². The fourth-order valence-corrected chi connectivity index (χ4v) is 3.84. The van der Waals surface area contributed by atoms with Crippen molar-refractivity contribution in [2.24, 2.45) is 0 Å². The second kappa shape index (κ2) is 10.1. The number of pyridine rings is 1. The Labute approximate surface area is 189 Å². The zero-order chi connectivity index (χ0) is 23.2. The molecule has 8 heteroatoms. The van der Waals surface area contributed by atoms with E-state index in [-0.39, 0.29) is 5.56 Å². The average molecular weight is 451 g/mol. The Bertz CT molecular complexity index is 1220. The molecule has 0 saturated heterocycles. The van der Waals surface area contributed by atoms with E-state index < -0.39 is 29.9 Å². The Morgan fingerprint density at radius 2 is 1.94 bits per heavy atom. The number of carboxylic acids is 1. The number of carboxylic acid groups (broad SMARTS) is 1. The van der Waals surface area contributed by atoms with Crippen LogP contribution < -0.4 is 10.1 Å². The molecule has 2 aromatic carbocycles. The number of hydrogen-bond acceptors (Lipinski definition) is 4. The molecule has 4 aromatic rings. The van der Waals surface area contributed by atoms with Crippen LogP contribution in [-0.2, 0) is 4.79 Å². The van der Waals surface area contributed by atoms with E-state index in [4.69, 9.17) is 4.74 Å². The number of hydrogen-bond donors (Lipinski definition) is 3. The van der Waals surface area contributed by atoms with E-state index in [1.54, 1.807) is 30.6 Å². The lowest BCUT2D eigenvalue weighted by atomic mass is 9.87. The molecule has 0 spiro atoms. The summed E-state index contributed by atoms with van der Waals surface area (Å²) in [6.45, 7) is 1.19. The third-order valence-electron chi connectivity index (χ3n) is 5.35. The van der Waals surface area contributed by atoms with Crippen LogP contribution in [0.25, 0.3) is 10.9 Å². The van der Waals surface area contributed by atoms with Gasteiger partial charge in [-0.15, -0.1) is 0 Å². The normalized spacial score (nSPS) is 11.9. The number of carbonyl (C=O) groups is 1. The van der Waals surface area contributed by atoms with Gasteiger partial charge in [0, 0.05) is 47.4 Å².